The molecule has 0 aliphatic carbocycles. The van der Waals surface area contributed by atoms with Gasteiger partial charge in [0.25, 0.3) is 0 Å². The fourth-order valence-electron chi connectivity index (χ4n) is 1.68. The zero-order valence-electron chi connectivity index (χ0n) is 8.88. The van der Waals surface area contributed by atoms with Gasteiger partial charge in [-0.3, -0.25) is 0 Å². The molecular formula is C11H10F3NO2. The molecule has 1 aromatic rings. The molecule has 92 valence electrons. The van der Waals surface area contributed by atoms with Gasteiger partial charge >= 0.3 is 6.09 Å². The first-order valence-corrected chi connectivity index (χ1v) is 5.19. The van der Waals surface area contributed by atoms with Crippen molar-refractivity contribution in [3.8, 4) is 5.75 Å². The Balaban J connectivity index is 2.15. The SMILES string of the molecule is O=C(Oc1c(F)cc(F)cc1F)N1CCCC1. The van der Waals surface area contributed by atoms with E-state index >= 15 is 0 Å². The summed E-state index contributed by atoms with van der Waals surface area (Å²) >= 11 is 0. The standard InChI is InChI=1S/C11H10F3NO2/c12-7-5-8(13)10(9(14)6-7)17-11(16)15-3-1-2-4-15/h5-6H,1-4H2. The quantitative estimate of drug-likeness (QED) is 0.761. The first-order chi connectivity index (χ1) is 8.08. The Hall–Kier alpha value is -1.72. The lowest BCUT2D eigenvalue weighted by Crippen LogP contribution is -2.31. The fraction of sp³-hybridized carbons (Fsp3) is 0.364. The van der Waals surface area contributed by atoms with Crippen LogP contribution in [-0.2, 0) is 0 Å². The summed E-state index contributed by atoms with van der Waals surface area (Å²) in [6.07, 6.45) is 0.861. The number of amides is 1. The second kappa shape index (κ2) is 4.65. The smallest absolute Gasteiger partial charge is 0.404 e. The van der Waals surface area contributed by atoms with Crippen molar-refractivity contribution >= 4 is 6.09 Å². The molecule has 0 radical (unpaired) electrons. The highest BCUT2D eigenvalue weighted by Gasteiger charge is 2.23. The molecular weight excluding hydrogens is 235 g/mol. The molecule has 0 spiro atoms. The molecule has 1 amide bonds. The minimum absolute atomic E-state index is 0.468. The summed E-state index contributed by atoms with van der Waals surface area (Å²) in [6.45, 7) is 1.01. The van der Waals surface area contributed by atoms with Crippen LogP contribution in [-0.4, -0.2) is 24.1 Å². The van der Waals surface area contributed by atoms with Crippen LogP contribution in [0.3, 0.4) is 0 Å². The molecule has 0 N–H and O–H groups in total. The van der Waals surface area contributed by atoms with Crippen molar-refractivity contribution in [2.45, 2.75) is 12.8 Å². The predicted octanol–water partition coefficient (Wildman–Crippen LogP) is 2.70. The topological polar surface area (TPSA) is 29.5 Å². The van der Waals surface area contributed by atoms with Gasteiger partial charge in [0.2, 0.25) is 5.75 Å². The molecule has 1 fully saturated rings. The molecule has 6 heteroatoms. The van der Waals surface area contributed by atoms with Gasteiger partial charge in [0.15, 0.2) is 11.6 Å². The van der Waals surface area contributed by atoms with Gasteiger partial charge in [0.05, 0.1) is 0 Å². The Bertz CT molecular complexity index is 421. The van der Waals surface area contributed by atoms with Crippen LogP contribution in [0, 0.1) is 17.5 Å². The predicted molar refractivity (Wildman–Crippen MR) is 53.1 cm³/mol. The lowest BCUT2D eigenvalue weighted by Gasteiger charge is -2.15. The number of halogens is 3. The normalized spacial score (nSPS) is 15.1. The van der Waals surface area contributed by atoms with Gasteiger partial charge in [-0.1, -0.05) is 0 Å². The number of carbonyl (C=O) groups is 1. The van der Waals surface area contributed by atoms with Gasteiger partial charge in [-0.05, 0) is 12.8 Å². The van der Waals surface area contributed by atoms with Crippen LogP contribution in [0.5, 0.6) is 5.75 Å². The number of carbonyl (C=O) groups excluding carboxylic acids is 1. The zero-order valence-corrected chi connectivity index (χ0v) is 8.88. The second-order valence-electron chi connectivity index (χ2n) is 3.76. The largest absolute Gasteiger partial charge is 0.415 e. The third-order valence-corrected chi connectivity index (χ3v) is 2.52. The molecule has 17 heavy (non-hydrogen) atoms. The number of hydrogen-bond donors (Lipinski definition) is 0. The maximum absolute atomic E-state index is 13.2. The molecule has 0 atom stereocenters. The minimum atomic E-state index is -1.23. The van der Waals surface area contributed by atoms with E-state index in [-0.39, 0.29) is 0 Å². The molecule has 1 heterocycles. The summed E-state index contributed by atoms with van der Waals surface area (Å²) in [5, 5.41) is 0. The van der Waals surface area contributed by atoms with Crippen molar-refractivity contribution in [3.63, 3.8) is 0 Å². The maximum atomic E-state index is 13.2. The Morgan fingerprint density at radius 1 is 1.12 bits per heavy atom. The summed E-state index contributed by atoms with van der Waals surface area (Å²) in [6, 6.07) is 0.936. The minimum Gasteiger partial charge on any atom is -0.404 e. The number of likely N-dealkylation sites (tertiary alicyclic amines) is 1. The summed E-state index contributed by atoms with van der Waals surface area (Å²) < 4.78 is 43.6. The number of rotatable bonds is 1. The van der Waals surface area contributed by atoms with Crippen molar-refractivity contribution in [1.82, 2.24) is 4.90 Å². The van der Waals surface area contributed by atoms with Crippen LogP contribution in [0.1, 0.15) is 12.8 Å². The summed E-state index contributed by atoms with van der Waals surface area (Å²) in [7, 11) is 0. The first-order valence-electron chi connectivity index (χ1n) is 5.19. The van der Waals surface area contributed by atoms with Crippen LogP contribution in [0.2, 0.25) is 0 Å². The molecule has 1 aliphatic rings. The monoisotopic (exact) mass is 245 g/mol. The van der Waals surface area contributed by atoms with E-state index in [0.717, 1.165) is 12.8 Å². The van der Waals surface area contributed by atoms with Gasteiger partial charge in [-0.2, -0.15) is 0 Å². The van der Waals surface area contributed by atoms with Gasteiger partial charge in [0, 0.05) is 25.2 Å². The molecule has 0 saturated carbocycles. The van der Waals surface area contributed by atoms with Crippen LogP contribution in [0.25, 0.3) is 0 Å². The lowest BCUT2D eigenvalue weighted by atomic mass is 10.3. The van der Waals surface area contributed by atoms with Gasteiger partial charge in [0.1, 0.15) is 5.82 Å². The Labute approximate surface area is 95.8 Å². The highest BCUT2D eigenvalue weighted by atomic mass is 19.1. The summed E-state index contributed by atoms with van der Waals surface area (Å²) in [5.74, 6) is -4.37. The Morgan fingerprint density at radius 3 is 2.18 bits per heavy atom. The Morgan fingerprint density at radius 2 is 1.65 bits per heavy atom. The number of hydrogen-bond acceptors (Lipinski definition) is 2. The van der Waals surface area contributed by atoms with E-state index in [0.29, 0.717) is 25.2 Å². The Kier molecular flexibility index (Phi) is 3.21. The van der Waals surface area contributed by atoms with Crippen molar-refractivity contribution in [3.05, 3.63) is 29.6 Å². The van der Waals surface area contributed by atoms with E-state index in [1.54, 1.807) is 0 Å². The average Bonchev–Trinajstić information content (AvgIpc) is 2.76. The van der Waals surface area contributed by atoms with Crippen molar-refractivity contribution in [2.24, 2.45) is 0 Å². The zero-order chi connectivity index (χ0) is 12.4. The van der Waals surface area contributed by atoms with Crippen molar-refractivity contribution in [1.29, 1.82) is 0 Å². The van der Waals surface area contributed by atoms with Crippen LogP contribution < -0.4 is 4.74 Å². The molecule has 0 aromatic heterocycles. The average molecular weight is 245 g/mol. The highest BCUT2D eigenvalue weighted by molar-refractivity contribution is 5.71. The number of ether oxygens (including phenoxy) is 1. The van der Waals surface area contributed by atoms with E-state index in [1.165, 1.54) is 4.90 Å². The van der Waals surface area contributed by atoms with Gasteiger partial charge < -0.3 is 9.64 Å². The van der Waals surface area contributed by atoms with Crippen LogP contribution in [0.15, 0.2) is 12.1 Å². The lowest BCUT2D eigenvalue weighted by molar-refractivity contribution is 0.158. The molecule has 1 aromatic carbocycles. The van der Waals surface area contributed by atoms with Crippen LogP contribution in [0.4, 0.5) is 18.0 Å². The number of nitrogens with zero attached hydrogens (tertiary/aromatic N) is 1. The molecule has 1 saturated heterocycles. The van der Waals surface area contributed by atoms with E-state index < -0.39 is 29.3 Å². The first kappa shape index (κ1) is 11.8. The molecule has 0 unspecified atom stereocenters. The third-order valence-electron chi connectivity index (χ3n) is 2.52. The second-order valence-corrected chi connectivity index (χ2v) is 3.76. The van der Waals surface area contributed by atoms with Crippen molar-refractivity contribution < 1.29 is 22.7 Å². The van der Waals surface area contributed by atoms with E-state index in [4.69, 9.17) is 0 Å². The molecule has 1 aliphatic heterocycles. The maximum Gasteiger partial charge on any atom is 0.415 e. The summed E-state index contributed by atoms with van der Waals surface area (Å²) in [4.78, 5) is 12.8. The molecule has 0 bridgehead atoms. The van der Waals surface area contributed by atoms with Gasteiger partial charge in [-0.25, -0.2) is 18.0 Å². The molecule has 2 rings (SSSR count). The van der Waals surface area contributed by atoms with E-state index in [2.05, 4.69) is 4.74 Å². The van der Waals surface area contributed by atoms with E-state index in [1.807, 2.05) is 0 Å². The van der Waals surface area contributed by atoms with Gasteiger partial charge in [-0.15, -0.1) is 0 Å². The van der Waals surface area contributed by atoms with E-state index in [9.17, 15) is 18.0 Å². The molecule has 3 nitrogen and oxygen atoms in total. The van der Waals surface area contributed by atoms with Crippen LogP contribution >= 0.6 is 0 Å². The van der Waals surface area contributed by atoms with Crippen molar-refractivity contribution in [2.75, 3.05) is 13.1 Å². The third kappa shape index (κ3) is 2.51. The number of benzene rings is 1. The fourth-order valence-corrected chi connectivity index (χ4v) is 1.68. The summed E-state index contributed by atoms with van der Waals surface area (Å²) in [5.41, 5.74) is 0. The highest BCUT2D eigenvalue weighted by Crippen LogP contribution is 2.24.